The van der Waals surface area contributed by atoms with Crippen molar-refractivity contribution >= 4 is 17.8 Å². The maximum Gasteiger partial charge on any atom is 0.326 e. The Labute approximate surface area is 112 Å². The molecule has 1 saturated heterocycles. The third-order valence-electron chi connectivity index (χ3n) is 3.14. The Bertz CT molecular complexity index is 340. The molecule has 7 heteroatoms. The number of carboxylic acids is 1. The van der Waals surface area contributed by atoms with E-state index in [0.29, 0.717) is 6.54 Å². The van der Waals surface area contributed by atoms with Gasteiger partial charge in [-0.15, -0.1) is 0 Å². The fourth-order valence-electron chi connectivity index (χ4n) is 2.11. The van der Waals surface area contributed by atoms with Crippen molar-refractivity contribution in [3.8, 4) is 0 Å². The zero-order valence-electron chi connectivity index (χ0n) is 10.9. The van der Waals surface area contributed by atoms with Gasteiger partial charge in [0.1, 0.15) is 6.04 Å². The smallest absolute Gasteiger partial charge is 0.326 e. The minimum Gasteiger partial charge on any atom is -0.480 e. The van der Waals surface area contributed by atoms with Crippen molar-refractivity contribution in [3.63, 3.8) is 0 Å². The zero-order valence-corrected chi connectivity index (χ0v) is 10.9. The lowest BCUT2D eigenvalue weighted by Crippen LogP contribution is -2.44. The van der Waals surface area contributed by atoms with Gasteiger partial charge in [-0.2, -0.15) is 0 Å². The summed E-state index contributed by atoms with van der Waals surface area (Å²) < 4.78 is 0. The van der Waals surface area contributed by atoms with E-state index in [4.69, 9.17) is 10.8 Å². The summed E-state index contributed by atoms with van der Waals surface area (Å²) in [7, 11) is 0. The lowest BCUT2D eigenvalue weighted by atomic mass is 10.1. The third kappa shape index (κ3) is 6.19. The Morgan fingerprint density at radius 2 is 1.84 bits per heavy atom. The van der Waals surface area contributed by atoms with Gasteiger partial charge >= 0.3 is 5.97 Å². The molecular weight excluding hydrogens is 250 g/mol. The van der Waals surface area contributed by atoms with Gasteiger partial charge in [0.2, 0.25) is 11.8 Å². The predicted molar refractivity (Wildman–Crippen MR) is 68.3 cm³/mol. The van der Waals surface area contributed by atoms with Crippen molar-refractivity contribution < 1.29 is 19.5 Å². The molecule has 1 aliphatic heterocycles. The summed E-state index contributed by atoms with van der Waals surface area (Å²) >= 11 is 0. The van der Waals surface area contributed by atoms with Crippen molar-refractivity contribution in [1.29, 1.82) is 0 Å². The molecule has 0 aromatic rings. The Morgan fingerprint density at radius 1 is 1.21 bits per heavy atom. The predicted octanol–water partition coefficient (Wildman–Crippen LogP) is -0.693. The molecule has 4 N–H and O–H groups in total. The van der Waals surface area contributed by atoms with Crippen molar-refractivity contribution in [3.05, 3.63) is 0 Å². The van der Waals surface area contributed by atoms with E-state index in [1.807, 2.05) is 0 Å². The van der Waals surface area contributed by atoms with E-state index in [9.17, 15) is 14.4 Å². The molecule has 108 valence electrons. The highest BCUT2D eigenvalue weighted by Gasteiger charge is 2.22. The van der Waals surface area contributed by atoms with Crippen LogP contribution in [0.1, 0.15) is 32.1 Å². The number of carbonyl (C=O) groups excluding carboxylic acids is 2. The van der Waals surface area contributed by atoms with E-state index in [2.05, 4.69) is 10.2 Å². The summed E-state index contributed by atoms with van der Waals surface area (Å²) in [5.41, 5.74) is 4.94. The number of nitrogens with zero attached hydrogens (tertiary/aromatic N) is 1. The summed E-state index contributed by atoms with van der Waals surface area (Å²) in [6.45, 7) is 2.59. The van der Waals surface area contributed by atoms with E-state index in [-0.39, 0.29) is 18.7 Å². The summed E-state index contributed by atoms with van der Waals surface area (Å²) in [5.74, 6) is -2.35. The van der Waals surface area contributed by atoms with E-state index in [1.165, 1.54) is 6.42 Å². The van der Waals surface area contributed by atoms with Crippen LogP contribution < -0.4 is 11.1 Å². The lowest BCUT2D eigenvalue weighted by molar-refractivity contribution is -0.143. The summed E-state index contributed by atoms with van der Waals surface area (Å²) in [6.07, 6.45) is 3.36. The van der Waals surface area contributed by atoms with Crippen LogP contribution in [0.25, 0.3) is 0 Å². The van der Waals surface area contributed by atoms with Crippen molar-refractivity contribution in [2.45, 2.75) is 38.1 Å². The molecule has 0 aliphatic carbocycles. The Morgan fingerprint density at radius 3 is 2.37 bits per heavy atom. The number of aliphatic carboxylic acids is 1. The Hall–Kier alpha value is -1.63. The minimum atomic E-state index is -1.25. The second-order valence-electron chi connectivity index (χ2n) is 4.78. The maximum absolute atomic E-state index is 11.6. The largest absolute Gasteiger partial charge is 0.480 e. The molecule has 0 unspecified atom stereocenters. The number of primary amides is 1. The van der Waals surface area contributed by atoms with Crippen LogP contribution in [0.3, 0.4) is 0 Å². The van der Waals surface area contributed by atoms with Crippen LogP contribution in [0.5, 0.6) is 0 Å². The number of carbonyl (C=O) groups is 3. The van der Waals surface area contributed by atoms with Crippen LogP contribution in [0, 0.1) is 0 Å². The standard InChI is InChI=1S/C12H21N3O4/c13-10(16)8-9(12(18)19)14-11(17)4-7-15-5-2-1-3-6-15/h9H,1-8H2,(H2,13,16)(H,14,17)(H,18,19)/t9-/m0/s1. The number of hydrogen-bond donors (Lipinski definition) is 3. The number of nitrogens with one attached hydrogen (secondary N) is 1. The fourth-order valence-corrected chi connectivity index (χ4v) is 2.11. The Kier molecular flexibility index (Phi) is 6.27. The molecule has 0 spiro atoms. The van der Waals surface area contributed by atoms with Gasteiger partial charge in [0, 0.05) is 13.0 Å². The molecular formula is C12H21N3O4. The number of carboxylic acid groups (broad SMARTS) is 1. The van der Waals surface area contributed by atoms with Gasteiger partial charge in [-0.1, -0.05) is 6.42 Å². The van der Waals surface area contributed by atoms with Gasteiger partial charge in [-0.3, -0.25) is 9.59 Å². The van der Waals surface area contributed by atoms with E-state index >= 15 is 0 Å². The first-order valence-corrected chi connectivity index (χ1v) is 6.52. The molecule has 0 saturated carbocycles. The topological polar surface area (TPSA) is 113 Å². The van der Waals surface area contributed by atoms with Crippen LogP contribution in [0.4, 0.5) is 0 Å². The van der Waals surface area contributed by atoms with Gasteiger partial charge < -0.3 is 21.1 Å². The molecule has 7 nitrogen and oxygen atoms in total. The maximum atomic E-state index is 11.6. The first kappa shape index (κ1) is 15.4. The van der Waals surface area contributed by atoms with Crippen molar-refractivity contribution in [1.82, 2.24) is 10.2 Å². The van der Waals surface area contributed by atoms with E-state index in [0.717, 1.165) is 25.9 Å². The normalized spacial score (nSPS) is 17.7. The van der Waals surface area contributed by atoms with E-state index < -0.39 is 17.9 Å². The van der Waals surface area contributed by atoms with Crippen molar-refractivity contribution in [2.75, 3.05) is 19.6 Å². The molecule has 0 aromatic carbocycles. The SMILES string of the molecule is NC(=O)C[C@H](NC(=O)CCN1CCCCC1)C(=O)O. The van der Waals surface area contributed by atoms with E-state index in [1.54, 1.807) is 0 Å². The average molecular weight is 271 g/mol. The van der Waals surface area contributed by atoms with Gasteiger partial charge in [0.05, 0.1) is 6.42 Å². The van der Waals surface area contributed by atoms with Gasteiger partial charge in [-0.25, -0.2) is 4.79 Å². The van der Waals surface area contributed by atoms with Crippen LogP contribution in [-0.2, 0) is 14.4 Å². The van der Waals surface area contributed by atoms with Crippen molar-refractivity contribution in [2.24, 2.45) is 5.73 Å². The molecule has 1 heterocycles. The summed E-state index contributed by atoms with van der Waals surface area (Å²) in [6, 6.07) is -1.23. The van der Waals surface area contributed by atoms with Crippen LogP contribution in [0.2, 0.25) is 0 Å². The van der Waals surface area contributed by atoms with Gasteiger partial charge in [0.25, 0.3) is 0 Å². The number of rotatable bonds is 7. The molecule has 1 fully saturated rings. The quantitative estimate of drug-likeness (QED) is 0.567. The van der Waals surface area contributed by atoms with Gasteiger partial charge in [0.15, 0.2) is 0 Å². The van der Waals surface area contributed by atoms with Crippen LogP contribution in [-0.4, -0.2) is 53.5 Å². The average Bonchev–Trinajstić information content (AvgIpc) is 2.36. The number of likely N-dealkylation sites (tertiary alicyclic amines) is 1. The first-order valence-electron chi connectivity index (χ1n) is 6.52. The number of nitrogens with two attached hydrogens (primary N) is 1. The highest BCUT2D eigenvalue weighted by atomic mass is 16.4. The molecule has 2 amide bonds. The summed E-state index contributed by atoms with van der Waals surface area (Å²) in [5, 5.41) is 11.2. The minimum absolute atomic E-state index is 0.239. The monoisotopic (exact) mass is 271 g/mol. The molecule has 0 bridgehead atoms. The van der Waals surface area contributed by atoms with Crippen LogP contribution in [0.15, 0.2) is 0 Å². The van der Waals surface area contributed by atoms with Gasteiger partial charge in [-0.05, 0) is 25.9 Å². The number of hydrogen-bond acceptors (Lipinski definition) is 4. The lowest BCUT2D eigenvalue weighted by Gasteiger charge is -2.26. The second kappa shape index (κ2) is 7.73. The molecule has 1 atom stereocenters. The molecule has 19 heavy (non-hydrogen) atoms. The summed E-state index contributed by atoms with van der Waals surface area (Å²) in [4.78, 5) is 35.4. The molecule has 0 radical (unpaired) electrons. The number of piperidine rings is 1. The fraction of sp³-hybridized carbons (Fsp3) is 0.750. The molecule has 1 aliphatic rings. The van der Waals surface area contributed by atoms with Crippen LogP contribution >= 0.6 is 0 Å². The molecule has 0 aromatic heterocycles. The number of amides is 2. The first-order chi connectivity index (χ1) is 8.99. The molecule has 1 rings (SSSR count). The second-order valence-corrected chi connectivity index (χ2v) is 4.78. The third-order valence-corrected chi connectivity index (χ3v) is 3.14. The zero-order chi connectivity index (χ0) is 14.3. The Balaban J connectivity index is 2.31. The highest BCUT2D eigenvalue weighted by Crippen LogP contribution is 2.08. The highest BCUT2D eigenvalue weighted by molar-refractivity contribution is 5.88.